The molecule has 23 heavy (non-hydrogen) atoms. The zero-order valence-corrected chi connectivity index (χ0v) is 17.0. The van der Waals surface area contributed by atoms with Crippen molar-refractivity contribution in [3.63, 3.8) is 0 Å². The van der Waals surface area contributed by atoms with Crippen LogP contribution in [0.2, 0.25) is 0 Å². The van der Waals surface area contributed by atoms with Crippen LogP contribution in [0.4, 0.5) is 5.69 Å². The van der Waals surface area contributed by atoms with Crippen LogP contribution < -0.4 is 10.2 Å². The number of halogens is 1. The Kier molecular flexibility index (Phi) is 9.54. The maximum Gasteiger partial charge on any atom is 0.193 e. The number of aromatic hydroxyl groups is 1. The van der Waals surface area contributed by atoms with Gasteiger partial charge < -0.3 is 20.2 Å². The van der Waals surface area contributed by atoms with Crippen LogP contribution in [0.5, 0.6) is 5.75 Å². The molecule has 0 spiro atoms. The quantitative estimate of drug-likeness (QED) is 0.313. The molecule has 0 aromatic heterocycles. The smallest absolute Gasteiger partial charge is 0.193 e. The minimum atomic E-state index is 0. The molecule has 0 radical (unpaired) electrons. The van der Waals surface area contributed by atoms with Gasteiger partial charge in [-0.1, -0.05) is 12.1 Å². The van der Waals surface area contributed by atoms with Crippen molar-refractivity contribution in [1.82, 2.24) is 10.2 Å². The molecule has 0 saturated carbocycles. The maximum absolute atomic E-state index is 9.96. The second-order valence-corrected chi connectivity index (χ2v) is 6.27. The second-order valence-electron chi connectivity index (χ2n) is 5.28. The Labute approximate surface area is 160 Å². The number of hydrogen-bond donors (Lipinski definition) is 2. The number of thioether (sulfide) groups is 1. The zero-order chi connectivity index (χ0) is 15.8. The van der Waals surface area contributed by atoms with Crippen molar-refractivity contribution in [2.75, 3.05) is 56.7 Å². The van der Waals surface area contributed by atoms with E-state index in [2.05, 4.69) is 26.4 Å². The highest BCUT2D eigenvalue weighted by molar-refractivity contribution is 14.0. The molecule has 1 aliphatic heterocycles. The standard InChI is InChI=1S/C16H26N4OS.HI/c1-17-16(18-8-5-13-22-2)20-11-9-19(10-12-20)14-6-3-4-7-15(14)21;/h3-4,6-7,21H,5,8-13H2,1-2H3,(H,17,18);1H. The molecule has 1 aromatic carbocycles. The average molecular weight is 450 g/mol. The number of para-hydroxylation sites is 2. The van der Waals surface area contributed by atoms with Gasteiger partial charge in [-0.15, -0.1) is 24.0 Å². The largest absolute Gasteiger partial charge is 0.506 e. The van der Waals surface area contributed by atoms with Gasteiger partial charge in [0, 0.05) is 39.8 Å². The fraction of sp³-hybridized carbons (Fsp3) is 0.562. The van der Waals surface area contributed by atoms with Gasteiger partial charge in [-0.3, -0.25) is 4.99 Å². The summed E-state index contributed by atoms with van der Waals surface area (Å²) in [7, 11) is 1.84. The summed E-state index contributed by atoms with van der Waals surface area (Å²) in [5.41, 5.74) is 0.921. The zero-order valence-electron chi connectivity index (χ0n) is 13.9. The number of nitrogens with zero attached hydrogens (tertiary/aromatic N) is 3. The number of phenolic OH excluding ortho intramolecular Hbond substituents is 1. The lowest BCUT2D eigenvalue weighted by atomic mass is 10.2. The van der Waals surface area contributed by atoms with Crippen molar-refractivity contribution in [2.45, 2.75) is 6.42 Å². The number of piperazine rings is 1. The molecule has 130 valence electrons. The van der Waals surface area contributed by atoms with Gasteiger partial charge >= 0.3 is 0 Å². The lowest BCUT2D eigenvalue weighted by Crippen LogP contribution is -2.52. The van der Waals surface area contributed by atoms with E-state index in [1.807, 2.05) is 37.0 Å². The summed E-state index contributed by atoms with van der Waals surface area (Å²) in [5.74, 6) is 2.51. The Hall–Kier alpha value is -0.830. The summed E-state index contributed by atoms with van der Waals surface area (Å²) in [6.07, 6.45) is 3.28. The van der Waals surface area contributed by atoms with Crippen LogP contribution in [-0.2, 0) is 0 Å². The molecule has 0 atom stereocenters. The second kappa shape index (κ2) is 10.9. The van der Waals surface area contributed by atoms with Crippen LogP contribution >= 0.6 is 35.7 Å². The molecule has 0 unspecified atom stereocenters. The van der Waals surface area contributed by atoms with E-state index in [1.54, 1.807) is 6.07 Å². The van der Waals surface area contributed by atoms with Crippen molar-refractivity contribution in [3.8, 4) is 5.75 Å². The lowest BCUT2D eigenvalue weighted by molar-refractivity contribution is 0.370. The summed E-state index contributed by atoms with van der Waals surface area (Å²) < 4.78 is 0. The first-order valence-corrected chi connectivity index (χ1v) is 9.13. The van der Waals surface area contributed by atoms with Crippen molar-refractivity contribution in [2.24, 2.45) is 4.99 Å². The summed E-state index contributed by atoms with van der Waals surface area (Å²) in [6, 6.07) is 7.54. The van der Waals surface area contributed by atoms with E-state index in [0.717, 1.165) is 50.8 Å². The average Bonchev–Trinajstić information content (AvgIpc) is 2.56. The maximum atomic E-state index is 9.96. The van der Waals surface area contributed by atoms with Gasteiger partial charge in [-0.25, -0.2) is 0 Å². The monoisotopic (exact) mass is 450 g/mol. The van der Waals surface area contributed by atoms with E-state index in [4.69, 9.17) is 0 Å². The third-order valence-corrected chi connectivity index (χ3v) is 4.52. The highest BCUT2D eigenvalue weighted by atomic mass is 127. The molecule has 7 heteroatoms. The number of guanidine groups is 1. The first-order chi connectivity index (χ1) is 10.8. The van der Waals surface area contributed by atoms with E-state index in [1.165, 1.54) is 5.75 Å². The molecule has 0 amide bonds. The fourth-order valence-corrected chi connectivity index (χ4v) is 3.07. The van der Waals surface area contributed by atoms with Gasteiger partial charge in [0.1, 0.15) is 5.75 Å². The predicted molar refractivity (Wildman–Crippen MR) is 112 cm³/mol. The summed E-state index contributed by atoms with van der Waals surface area (Å²) in [4.78, 5) is 8.90. The first-order valence-electron chi connectivity index (χ1n) is 7.73. The minimum Gasteiger partial charge on any atom is -0.506 e. The Morgan fingerprint density at radius 3 is 2.57 bits per heavy atom. The van der Waals surface area contributed by atoms with Crippen LogP contribution in [0.25, 0.3) is 0 Å². The molecule has 1 saturated heterocycles. The van der Waals surface area contributed by atoms with Crippen LogP contribution in [0, 0.1) is 0 Å². The van der Waals surface area contributed by atoms with Gasteiger partial charge in [-0.05, 0) is 30.6 Å². The third kappa shape index (κ3) is 5.95. The SMILES string of the molecule is CN=C(NCCCSC)N1CCN(c2ccccc2O)CC1.I. The van der Waals surface area contributed by atoms with Crippen molar-refractivity contribution >= 4 is 47.4 Å². The number of hydrogen-bond acceptors (Lipinski definition) is 4. The number of rotatable bonds is 5. The van der Waals surface area contributed by atoms with Gasteiger partial charge in [0.25, 0.3) is 0 Å². The molecule has 2 rings (SSSR count). The van der Waals surface area contributed by atoms with E-state index < -0.39 is 0 Å². The van der Waals surface area contributed by atoms with Crippen LogP contribution in [0.3, 0.4) is 0 Å². The number of nitrogens with one attached hydrogen (secondary N) is 1. The van der Waals surface area contributed by atoms with Crippen molar-refractivity contribution in [1.29, 1.82) is 0 Å². The summed E-state index contributed by atoms with van der Waals surface area (Å²) in [5, 5.41) is 13.4. The molecule has 1 aliphatic rings. The Morgan fingerprint density at radius 2 is 1.96 bits per heavy atom. The highest BCUT2D eigenvalue weighted by Gasteiger charge is 2.20. The van der Waals surface area contributed by atoms with Crippen LogP contribution in [0.1, 0.15) is 6.42 Å². The summed E-state index contributed by atoms with van der Waals surface area (Å²) in [6.45, 7) is 4.58. The van der Waals surface area contributed by atoms with Gasteiger partial charge in [0.15, 0.2) is 5.96 Å². The molecule has 0 bridgehead atoms. The van der Waals surface area contributed by atoms with E-state index in [9.17, 15) is 5.11 Å². The van der Waals surface area contributed by atoms with Crippen molar-refractivity contribution < 1.29 is 5.11 Å². The number of phenols is 1. The predicted octanol–water partition coefficient (Wildman–Crippen LogP) is 2.46. The molecular formula is C16H27IN4OS. The Morgan fingerprint density at radius 1 is 1.26 bits per heavy atom. The number of aliphatic imine (C=N–C) groups is 1. The fourth-order valence-electron chi connectivity index (χ4n) is 2.64. The van der Waals surface area contributed by atoms with E-state index in [-0.39, 0.29) is 24.0 Å². The minimum absolute atomic E-state index is 0. The van der Waals surface area contributed by atoms with Crippen LogP contribution in [-0.4, -0.2) is 67.7 Å². The molecule has 0 aliphatic carbocycles. The Balaban J connectivity index is 0.00000264. The van der Waals surface area contributed by atoms with Crippen molar-refractivity contribution in [3.05, 3.63) is 24.3 Å². The van der Waals surface area contributed by atoms with E-state index >= 15 is 0 Å². The molecule has 1 aromatic rings. The molecule has 1 heterocycles. The third-order valence-electron chi connectivity index (χ3n) is 3.82. The normalized spacial score (nSPS) is 15.3. The number of benzene rings is 1. The molecule has 2 N–H and O–H groups in total. The molecule has 5 nitrogen and oxygen atoms in total. The van der Waals surface area contributed by atoms with Gasteiger partial charge in [0.2, 0.25) is 0 Å². The van der Waals surface area contributed by atoms with Crippen LogP contribution in [0.15, 0.2) is 29.3 Å². The van der Waals surface area contributed by atoms with Gasteiger partial charge in [-0.2, -0.15) is 11.8 Å². The Bertz CT molecular complexity index is 493. The highest BCUT2D eigenvalue weighted by Crippen LogP contribution is 2.27. The van der Waals surface area contributed by atoms with E-state index in [0.29, 0.717) is 5.75 Å². The topological polar surface area (TPSA) is 51.1 Å². The molecule has 1 fully saturated rings. The summed E-state index contributed by atoms with van der Waals surface area (Å²) >= 11 is 1.87. The van der Waals surface area contributed by atoms with Gasteiger partial charge in [0.05, 0.1) is 5.69 Å². The lowest BCUT2D eigenvalue weighted by Gasteiger charge is -2.37. The first kappa shape index (κ1) is 20.2. The molecular weight excluding hydrogens is 423 g/mol. The number of anilines is 1.